The second-order valence-electron chi connectivity index (χ2n) is 4.38. The molecule has 0 fully saturated rings. The lowest BCUT2D eigenvalue weighted by molar-refractivity contribution is -0.274. The van der Waals surface area contributed by atoms with E-state index in [1.807, 2.05) is 0 Å². The van der Waals surface area contributed by atoms with Crippen LogP contribution in [0.3, 0.4) is 0 Å². The maximum Gasteiger partial charge on any atom is 0.573 e. The van der Waals surface area contributed by atoms with Gasteiger partial charge in [-0.2, -0.15) is 0 Å². The van der Waals surface area contributed by atoms with Crippen molar-refractivity contribution >= 4 is 28.7 Å². The zero-order chi connectivity index (χ0) is 16.9. The van der Waals surface area contributed by atoms with Gasteiger partial charge in [0.15, 0.2) is 5.11 Å². The summed E-state index contributed by atoms with van der Waals surface area (Å²) in [7, 11) is 1.56. The molecule has 2 N–H and O–H groups in total. The number of nitrogens with one attached hydrogen (secondary N) is 2. The van der Waals surface area contributed by atoms with Crippen LogP contribution in [0.25, 0.3) is 0 Å². The van der Waals surface area contributed by atoms with Crippen molar-refractivity contribution in [1.82, 2.24) is 0 Å². The van der Waals surface area contributed by atoms with Crippen molar-refractivity contribution < 1.29 is 22.6 Å². The summed E-state index contributed by atoms with van der Waals surface area (Å²) in [4.78, 5) is 0. The number of methoxy groups -OCH3 is 1. The van der Waals surface area contributed by atoms with Crippen LogP contribution in [-0.2, 0) is 0 Å². The fraction of sp³-hybridized carbons (Fsp3) is 0.133. The second-order valence-corrected chi connectivity index (χ2v) is 4.79. The Morgan fingerprint density at radius 2 is 1.61 bits per heavy atom. The third kappa shape index (κ3) is 5.67. The Hall–Kier alpha value is -2.48. The van der Waals surface area contributed by atoms with Crippen LogP contribution in [-0.4, -0.2) is 18.6 Å². The highest BCUT2D eigenvalue weighted by Crippen LogP contribution is 2.24. The van der Waals surface area contributed by atoms with Crippen molar-refractivity contribution in [3.63, 3.8) is 0 Å². The van der Waals surface area contributed by atoms with E-state index >= 15 is 0 Å². The molecule has 0 aromatic heterocycles. The summed E-state index contributed by atoms with van der Waals surface area (Å²) in [5, 5.41) is 6.10. The van der Waals surface area contributed by atoms with Gasteiger partial charge in [0.2, 0.25) is 0 Å². The first-order valence-electron chi connectivity index (χ1n) is 6.43. The molecule has 0 heterocycles. The summed E-state index contributed by atoms with van der Waals surface area (Å²) in [6.07, 6.45) is -4.71. The molecule has 0 unspecified atom stereocenters. The minimum Gasteiger partial charge on any atom is -0.497 e. The molecule has 0 aliphatic carbocycles. The van der Waals surface area contributed by atoms with Crippen LogP contribution >= 0.6 is 12.2 Å². The molecule has 0 radical (unpaired) electrons. The predicted molar refractivity (Wildman–Crippen MR) is 86.0 cm³/mol. The smallest absolute Gasteiger partial charge is 0.497 e. The molecule has 2 rings (SSSR count). The molecule has 2 aromatic rings. The minimum absolute atomic E-state index is 0.294. The highest BCUT2D eigenvalue weighted by molar-refractivity contribution is 7.80. The van der Waals surface area contributed by atoms with E-state index in [0.717, 1.165) is 5.69 Å². The van der Waals surface area contributed by atoms with E-state index < -0.39 is 6.36 Å². The monoisotopic (exact) mass is 342 g/mol. The second kappa shape index (κ2) is 7.19. The fourth-order valence-electron chi connectivity index (χ4n) is 1.73. The number of hydrogen-bond donors (Lipinski definition) is 2. The molecule has 4 nitrogen and oxygen atoms in total. The van der Waals surface area contributed by atoms with E-state index in [4.69, 9.17) is 17.0 Å². The first-order chi connectivity index (χ1) is 10.9. The van der Waals surface area contributed by atoms with E-state index in [-0.39, 0.29) is 5.75 Å². The van der Waals surface area contributed by atoms with Gasteiger partial charge in [-0.05, 0) is 48.6 Å². The lowest BCUT2D eigenvalue weighted by Crippen LogP contribution is -2.19. The largest absolute Gasteiger partial charge is 0.573 e. The summed E-state index contributed by atoms with van der Waals surface area (Å²) < 4.78 is 45.1. The van der Waals surface area contributed by atoms with Crippen LogP contribution in [0.15, 0.2) is 48.5 Å². The summed E-state index contributed by atoms with van der Waals surface area (Å²) in [5.74, 6) is 0.376. The van der Waals surface area contributed by atoms with Crippen molar-refractivity contribution in [1.29, 1.82) is 0 Å². The summed E-state index contributed by atoms with van der Waals surface area (Å²) >= 11 is 5.14. The van der Waals surface area contributed by atoms with Crippen LogP contribution in [0.2, 0.25) is 0 Å². The Labute approximate surface area is 136 Å². The van der Waals surface area contributed by atoms with Crippen molar-refractivity contribution in [2.24, 2.45) is 0 Å². The molecule has 122 valence electrons. The molecule has 2 aromatic carbocycles. The van der Waals surface area contributed by atoms with Crippen molar-refractivity contribution in [3.05, 3.63) is 48.5 Å². The maximum absolute atomic E-state index is 12.1. The average Bonchev–Trinajstić information content (AvgIpc) is 2.48. The average molecular weight is 342 g/mol. The summed E-state index contributed by atoms with van der Waals surface area (Å²) in [6, 6.07) is 12.4. The van der Waals surface area contributed by atoms with Gasteiger partial charge in [0, 0.05) is 17.4 Å². The van der Waals surface area contributed by atoms with Gasteiger partial charge in [-0.25, -0.2) is 0 Å². The minimum atomic E-state index is -4.71. The van der Waals surface area contributed by atoms with Gasteiger partial charge in [0.25, 0.3) is 0 Å². The SMILES string of the molecule is COc1cccc(NC(=S)Nc2ccc(OC(F)(F)F)cc2)c1. The molecule has 0 spiro atoms. The first kappa shape index (κ1) is 16.9. The van der Waals surface area contributed by atoms with E-state index in [1.165, 1.54) is 24.3 Å². The van der Waals surface area contributed by atoms with Gasteiger partial charge in [-0.3, -0.25) is 0 Å². The van der Waals surface area contributed by atoms with Crippen LogP contribution in [0.4, 0.5) is 24.5 Å². The van der Waals surface area contributed by atoms with Crippen molar-refractivity contribution in [2.75, 3.05) is 17.7 Å². The van der Waals surface area contributed by atoms with Gasteiger partial charge in [0.05, 0.1) is 7.11 Å². The van der Waals surface area contributed by atoms with Gasteiger partial charge in [0.1, 0.15) is 11.5 Å². The molecule has 8 heteroatoms. The number of rotatable bonds is 4. The fourth-order valence-corrected chi connectivity index (χ4v) is 1.97. The highest BCUT2D eigenvalue weighted by Gasteiger charge is 2.30. The first-order valence-corrected chi connectivity index (χ1v) is 6.84. The van der Waals surface area contributed by atoms with E-state index in [0.29, 0.717) is 16.5 Å². The van der Waals surface area contributed by atoms with Crippen LogP contribution in [0, 0.1) is 0 Å². The van der Waals surface area contributed by atoms with Crippen LogP contribution in [0.1, 0.15) is 0 Å². The number of halogens is 3. The van der Waals surface area contributed by atoms with Crippen molar-refractivity contribution in [3.8, 4) is 11.5 Å². The molecule has 0 atom stereocenters. The Bertz CT molecular complexity index is 675. The Morgan fingerprint density at radius 3 is 2.22 bits per heavy atom. The summed E-state index contributed by atoms with van der Waals surface area (Å²) in [5.41, 5.74) is 1.25. The van der Waals surface area contributed by atoms with Crippen molar-refractivity contribution in [2.45, 2.75) is 6.36 Å². The standard InChI is InChI=1S/C15H13F3N2O2S/c1-21-13-4-2-3-11(9-13)20-14(23)19-10-5-7-12(8-6-10)22-15(16,17)18/h2-9H,1H3,(H2,19,20,23). The molecule has 0 bridgehead atoms. The Morgan fingerprint density at radius 1 is 0.957 bits per heavy atom. The number of ether oxygens (including phenoxy) is 2. The van der Waals surface area contributed by atoms with E-state index in [1.54, 1.807) is 31.4 Å². The topological polar surface area (TPSA) is 42.5 Å². The number of thiocarbonyl (C=S) groups is 1. The number of benzene rings is 2. The zero-order valence-electron chi connectivity index (χ0n) is 12.0. The maximum atomic E-state index is 12.1. The van der Waals surface area contributed by atoms with E-state index in [2.05, 4.69) is 15.4 Å². The van der Waals surface area contributed by atoms with Gasteiger partial charge < -0.3 is 20.1 Å². The predicted octanol–water partition coefficient (Wildman–Crippen LogP) is 4.40. The quantitative estimate of drug-likeness (QED) is 0.806. The zero-order valence-corrected chi connectivity index (χ0v) is 12.8. The third-order valence-corrected chi connectivity index (χ3v) is 2.88. The molecule has 0 aliphatic heterocycles. The number of anilines is 2. The molecule has 0 saturated carbocycles. The van der Waals surface area contributed by atoms with Gasteiger partial charge >= 0.3 is 6.36 Å². The number of alkyl halides is 3. The molecule has 0 amide bonds. The number of hydrogen-bond acceptors (Lipinski definition) is 3. The van der Waals surface area contributed by atoms with E-state index in [9.17, 15) is 13.2 Å². The highest BCUT2D eigenvalue weighted by atomic mass is 32.1. The van der Waals surface area contributed by atoms with Crippen LogP contribution in [0.5, 0.6) is 11.5 Å². The molecule has 23 heavy (non-hydrogen) atoms. The van der Waals surface area contributed by atoms with Gasteiger partial charge in [-0.15, -0.1) is 13.2 Å². The lowest BCUT2D eigenvalue weighted by atomic mass is 10.3. The summed E-state index contributed by atoms with van der Waals surface area (Å²) in [6.45, 7) is 0. The third-order valence-electron chi connectivity index (χ3n) is 2.67. The Kier molecular flexibility index (Phi) is 5.28. The molecular formula is C15H13F3N2O2S. The molecular weight excluding hydrogens is 329 g/mol. The van der Waals surface area contributed by atoms with Crippen LogP contribution < -0.4 is 20.1 Å². The lowest BCUT2D eigenvalue weighted by Gasteiger charge is -2.12. The normalized spacial score (nSPS) is 10.8. The Balaban J connectivity index is 1.94. The molecule has 0 aliphatic rings. The van der Waals surface area contributed by atoms with Gasteiger partial charge in [-0.1, -0.05) is 6.07 Å². The molecule has 0 saturated heterocycles.